The van der Waals surface area contributed by atoms with Gasteiger partial charge in [-0.05, 0) is 48.8 Å². The van der Waals surface area contributed by atoms with Crippen LogP contribution < -0.4 is 5.73 Å². The van der Waals surface area contributed by atoms with Crippen molar-refractivity contribution in [1.82, 2.24) is 4.98 Å². The molecular formula is C15H23FN2. The van der Waals surface area contributed by atoms with E-state index in [2.05, 4.69) is 11.9 Å². The van der Waals surface area contributed by atoms with E-state index < -0.39 is 0 Å². The Morgan fingerprint density at radius 2 is 2.22 bits per heavy atom. The van der Waals surface area contributed by atoms with Crippen LogP contribution in [0.15, 0.2) is 18.5 Å². The molecule has 2 N–H and O–H groups in total. The molecule has 100 valence electrons. The Labute approximate surface area is 109 Å². The van der Waals surface area contributed by atoms with E-state index in [9.17, 15) is 4.39 Å². The van der Waals surface area contributed by atoms with E-state index in [0.29, 0.717) is 18.4 Å². The summed E-state index contributed by atoms with van der Waals surface area (Å²) in [5.74, 6) is 1.41. The summed E-state index contributed by atoms with van der Waals surface area (Å²) in [5, 5.41) is 0. The van der Waals surface area contributed by atoms with Gasteiger partial charge in [-0.1, -0.05) is 26.2 Å². The molecule has 0 bridgehead atoms. The molecule has 1 aliphatic rings. The zero-order valence-electron chi connectivity index (χ0n) is 11.1. The highest BCUT2D eigenvalue weighted by Crippen LogP contribution is 2.41. The van der Waals surface area contributed by atoms with Crippen LogP contribution in [0.4, 0.5) is 4.39 Å². The lowest BCUT2D eigenvalue weighted by Crippen LogP contribution is -2.29. The van der Waals surface area contributed by atoms with Crippen LogP contribution in [0.1, 0.15) is 50.5 Å². The van der Waals surface area contributed by atoms with Gasteiger partial charge >= 0.3 is 0 Å². The molecule has 1 saturated carbocycles. The third-order valence-electron chi connectivity index (χ3n) is 4.26. The zero-order chi connectivity index (χ0) is 13.0. The Balaban J connectivity index is 2.15. The molecule has 3 heteroatoms. The largest absolute Gasteiger partial charge is 0.330 e. The maximum atomic E-state index is 13.3. The van der Waals surface area contributed by atoms with Crippen molar-refractivity contribution >= 4 is 0 Å². The average molecular weight is 250 g/mol. The summed E-state index contributed by atoms with van der Waals surface area (Å²) in [5.41, 5.74) is 6.91. The van der Waals surface area contributed by atoms with Crippen LogP contribution >= 0.6 is 0 Å². The molecule has 0 aliphatic heterocycles. The molecule has 0 spiro atoms. The highest BCUT2D eigenvalue weighted by Gasteiger charge is 2.30. The Kier molecular flexibility index (Phi) is 4.70. The first-order valence-electron chi connectivity index (χ1n) is 7.05. The normalized spacial score (nSPS) is 28.3. The topological polar surface area (TPSA) is 38.9 Å². The first kappa shape index (κ1) is 13.5. The minimum atomic E-state index is -0.235. The van der Waals surface area contributed by atoms with E-state index in [1.54, 1.807) is 6.07 Å². The molecule has 1 aromatic heterocycles. The first-order chi connectivity index (χ1) is 8.74. The molecule has 18 heavy (non-hydrogen) atoms. The molecule has 3 atom stereocenters. The van der Waals surface area contributed by atoms with Crippen LogP contribution in [0.3, 0.4) is 0 Å². The Morgan fingerprint density at radius 1 is 1.39 bits per heavy atom. The maximum Gasteiger partial charge on any atom is 0.141 e. The quantitative estimate of drug-likeness (QED) is 0.888. The number of nitrogens with zero attached hydrogens (tertiary/aromatic N) is 1. The predicted molar refractivity (Wildman–Crippen MR) is 71.7 cm³/mol. The summed E-state index contributed by atoms with van der Waals surface area (Å²) in [4.78, 5) is 3.98. The summed E-state index contributed by atoms with van der Waals surface area (Å²) < 4.78 is 13.3. The molecule has 1 fully saturated rings. The second-order valence-electron chi connectivity index (χ2n) is 5.51. The number of pyridine rings is 1. The molecule has 1 aromatic rings. The molecule has 0 radical (unpaired) electrons. The van der Waals surface area contributed by atoms with Gasteiger partial charge in [0.25, 0.3) is 0 Å². The number of halogens is 1. The molecule has 2 rings (SSSR count). The number of hydrogen-bond donors (Lipinski definition) is 1. The van der Waals surface area contributed by atoms with Gasteiger partial charge in [0.05, 0.1) is 6.20 Å². The van der Waals surface area contributed by atoms with Crippen molar-refractivity contribution < 1.29 is 4.39 Å². The maximum absolute atomic E-state index is 13.3. The highest BCUT2D eigenvalue weighted by molar-refractivity contribution is 5.18. The van der Waals surface area contributed by atoms with Crippen LogP contribution in [-0.4, -0.2) is 11.5 Å². The van der Waals surface area contributed by atoms with Crippen LogP contribution in [-0.2, 0) is 0 Å². The van der Waals surface area contributed by atoms with E-state index in [4.69, 9.17) is 5.73 Å². The van der Waals surface area contributed by atoms with Crippen molar-refractivity contribution in [3.05, 3.63) is 29.8 Å². The van der Waals surface area contributed by atoms with E-state index in [0.717, 1.165) is 17.9 Å². The number of nitrogens with two attached hydrogens (primary N) is 1. The SMILES string of the molecule is CCCC1CCC(CN)C(c2cncc(F)c2)C1. The smallest absolute Gasteiger partial charge is 0.141 e. The lowest BCUT2D eigenvalue weighted by Gasteiger charge is -2.35. The standard InChI is InChI=1S/C15H23FN2/c1-2-3-11-4-5-12(8-17)15(6-11)13-7-14(16)10-18-9-13/h7,9-12,15H,2-6,8,17H2,1H3. The molecular weight excluding hydrogens is 227 g/mol. The fraction of sp³-hybridized carbons (Fsp3) is 0.667. The van der Waals surface area contributed by atoms with E-state index in [-0.39, 0.29) is 5.82 Å². The van der Waals surface area contributed by atoms with Crippen LogP contribution in [0.25, 0.3) is 0 Å². The first-order valence-corrected chi connectivity index (χ1v) is 7.05. The predicted octanol–water partition coefficient (Wildman–Crippen LogP) is 3.48. The molecule has 0 amide bonds. The highest BCUT2D eigenvalue weighted by atomic mass is 19.1. The van der Waals surface area contributed by atoms with Crippen molar-refractivity contribution in [2.45, 2.75) is 44.9 Å². The number of hydrogen-bond acceptors (Lipinski definition) is 2. The van der Waals surface area contributed by atoms with E-state index in [1.165, 1.54) is 31.9 Å². The van der Waals surface area contributed by atoms with Crippen molar-refractivity contribution in [1.29, 1.82) is 0 Å². The summed E-state index contributed by atoms with van der Waals surface area (Å²) >= 11 is 0. The zero-order valence-corrected chi connectivity index (χ0v) is 11.1. The van der Waals surface area contributed by atoms with Gasteiger partial charge < -0.3 is 5.73 Å². The molecule has 2 nitrogen and oxygen atoms in total. The van der Waals surface area contributed by atoms with Gasteiger partial charge in [-0.15, -0.1) is 0 Å². The van der Waals surface area contributed by atoms with E-state index >= 15 is 0 Å². The minimum absolute atomic E-state index is 0.235. The fourth-order valence-electron chi connectivity index (χ4n) is 3.31. The molecule has 3 unspecified atom stereocenters. The van der Waals surface area contributed by atoms with Crippen molar-refractivity contribution in [2.24, 2.45) is 17.6 Å². The molecule has 1 heterocycles. The van der Waals surface area contributed by atoms with Gasteiger partial charge in [-0.3, -0.25) is 4.98 Å². The number of aromatic nitrogens is 1. The second-order valence-corrected chi connectivity index (χ2v) is 5.51. The van der Waals surface area contributed by atoms with E-state index in [1.807, 2.05) is 6.20 Å². The summed E-state index contributed by atoms with van der Waals surface area (Å²) in [7, 11) is 0. The average Bonchev–Trinajstić information content (AvgIpc) is 2.39. The lowest BCUT2D eigenvalue weighted by molar-refractivity contribution is 0.229. The fourth-order valence-corrected chi connectivity index (χ4v) is 3.31. The van der Waals surface area contributed by atoms with Crippen LogP contribution in [0.5, 0.6) is 0 Å². The summed E-state index contributed by atoms with van der Waals surface area (Å²) in [6, 6.07) is 1.63. The van der Waals surface area contributed by atoms with Crippen LogP contribution in [0, 0.1) is 17.7 Å². The molecule has 0 aromatic carbocycles. The third-order valence-corrected chi connectivity index (χ3v) is 4.26. The summed E-state index contributed by atoms with van der Waals surface area (Å²) in [6.45, 7) is 2.92. The second kappa shape index (κ2) is 6.28. The monoisotopic (exact) mass is 250 g/mol. The summed E-state index contributed by atoms with van der Waals surface area (Å²) in [6.07, 6.45) is 9.17. The lowest BCUT2D eigenvalue weighted by atomic mass is 9.70. The van der Waals surface area contributed by atoms with Gasteiger partial charge in [0.1, 0.15) is 5.82 Å². The van der Waals surface area contributed by atoms with Crippen molar-refractivity contribution in [3.8, 4) is 0 Å². The van der Waals surface area contributed by atoms with Gasteiger partial charge in [0, 0.05) is 6.20 Å². The van der Waals surface area contributed by atoms with Gasteiger partial charge in [-0.2, -0.15) is 0 Å². The molecule has 1 aliphatic carbocycles. The third kappa shape index (κ3) is 3.08. The Bertz CT molecular complexity index is 381. The van der Waals surface area contributed by atoms with Crippen LogP contribution in [0.2, 0.25) is 0 Å². The Morgan fingerprint density at radius 3 is 2.89 bits per heavy atom. The van der Waals surface area contributed by atoms with Crippen molar-refractivity contribution in [3.63, 3.8) is 0 Å². The van der Waals surface area contributed by atoms with Gasteiger partial charge in [0.2, 0.25) is 0 Å². The van der Waals surface area contributed by atoms with Gasteiger partial charge in [-0.25, -0.2) is 4.39 Å². The Hall–Kier alpha value is -0.960. The van der Waals surface area contributed by atoms with Crippen molar-refractivity contribution in [2.75, 3.05) is 6.54 Å². The van der Waals surface area contributed by atoms with Gasteiger partial charge in [0.15, 0.2) is 0 Å². The molecule has 0 saturated heterocycles. The number of rotatable bonds is 4. The minimum Gasteiger partial charge on any atom is -0.330 e.